The van der Waals surface area contributed by atoms with Crippen LogP contribution in [0.15, 0.2) is 35.3 Å². The maximum atomic E-state index is 10.7. The molecule has 3 rings (SSSR count). The zero-order valence-corrected chi connectivity index (χ0v) is 13.8. The fourth-order valence-electron chi connectivity index (χ4n) is 2.44. The van der Waals surface area contributed by atoms with E-state index in [4.69, 9.17) is 0 Å². The molecule has 0 saturated heterocycles. The Morgan fingerprint density at radius 2 is 2.04 bits per heavy atom. The largest absolute Gasteiger partial charge is 0.269 e. The second kappa shape index (κ2) is 6.18. The first-order valence-electron chi connectivity index (χ1n) is 7.09. The molecule has 0 spiro atoms. The highest BCUT2D eigenvalue weighted by Gasteiger charge is 2.14. The van der Waals surface area contributed by atoms with Gasteiger partial charge in [0.25, 0.3) is 5.69 Å². The molecule has 0 radical (unpaired) electrons. The van der Waals surface area contributed by atoms with Gasteiger partial charge in [-0.25, -0.2) is 4.98 Å². The number of thiophene rings is 1. The van der Waals surface area contributed by atoms with Crippen molar-refractivity contribution in [2.75, 3.05) is 0 Å². The molecule has 2 heterocycles. The molecule has 0 amide bonds. The van der Waals surface area contributed by atoms with E-state index in [0.29, 0.717) is 10.6 Å². The van der Waals surface area contributed by atoms with E-state index >= 15 is 0 Å². The van der Waals surface area contributed by atoms with Gasteiger partial charge < -0.3 is 0 Å². The van der Waals surface area contributed by atoms with Gasteiger partial charge >= 0.3 is 0 Å². The number of nitriles is 1. The number of pyridine rings is 1. The van der Waals surface area contributed by atoms with Gasteiger partial charge in [0, 0.05) is 29.4 Å². The van der Waals surface area contributed by atoms with Crippen LogP contribution in [0.3, 0.4) is 0 Å². The highest BCUT2D eigenvalue weighted by atomic mass is 32.1. The van der Waals surface area contributed by atoms with Crippen LogP contribution in [0.25, 0.3) is 10.2 Å². The number of benzene rings is 1. The second-order valence-electron chi connectivity index (χ2n) is 5.26. The number of non-ortho nitro benzene ring substituents is 1. The lowest BCUT2D eigenvalue weighted by atomic mass is 10.1. The van der Waals surface area contributed by atoms with E-state index < -0.39 is 4.92 Å². The number of nitrogens with zero attached hydrogens (tertiary/aromatic N) is 4. The third kappa shape index (κ3) is 2.87. The highest BCUT2D eigenvalue weighted by molar-refractivity contribution is 7.19. The van der Waals surface area contributed by atoms with Gasteiger partial charge in [0.1, 0.15) is 21.5 Å². The van der Waals surface area contributed by atoms with Gasteiger partial charge in [-0.2, -0.15) is 5.26 Å². The van der Waals surface area contributed by atoms with Gasteiger partial charge in [-0.15, -0.1) is 11.3 Å². The average molecular weight is 336 g/mol. The summed E-state index contributed by atoms with van der Waals surface area (Å²) in [6.45, 7) is 3.88. The van der Waals surface area contributed by atoms with Gasteiger partial charge in [-0.1, -0.05) is 0 Å². The average Bonchev–Trinajstić information content (AvgIpc) is 2.91. The number of aryl methyl sites for hydroxylation is 2. The van der Waals surface area contributed by atoms with Crippen molar-refractivity contribution in [3.05, 3.63) is 62.1 Å². The van der Waals surface area contributed by atoms with Crippen molar-refractivity contribution in [3.63, 3.8) is 0 Å². The molecule has 0 fully saturated rings. The molecule has 0 aliphatic heterocycles. The van der Waals surface area contributed by atoms with Gasteiger partial charge in [0.2, 0.25) is 0 Å². The van der Waals surface area contributed by atoms with Gasteiger partial charge in [-0.3, -0.25) is 15.1 Å². The van der Waals surface area contributed by atoms with Crippen LogP contribution in [0.4, 0.5) is 11.4 Å². The van der Waals surface area contributed by atoms with Gasteiger partial charge in [0.05, 0.1) is 4.92 Å². The number of aliphatic imine (C=N–C) groups is 1. The first-order valence-corrected chi connectivity index (χ1v) is 7.90. The summed E-state index contributed by atoms with van der Waals surface area (Å²) in [6.07, 6.45) is 1.60. The second-order valence-corrected chi connectivity index (χ2v) is 6.26. The van der Waals surface area contributed by atoms with Crippen molar-refractivity contribution in [1.82, 2.24) is 4.98 Å². The molecular formula is C17H12N4O2S. The SMILES string of the molecule is Cc1cc(C)c2c(N=Cc3ccc([N+](=O)[O-])cc3)c(C#N)sc2n1. The molecule has 0 atom stereocenters. The molecule has 0 aliphatic carbocycles. The van der Waals surface area contributed by atoms with Crippen LogP contribution in [0.5, 0.6) is 0 Å². The van der Waals surface area contributed by atoms with Crippen molar-refractivity contribution in [2.24, 2.45) is 4.99 Å². The molecule has 3 aromatic rings. The Morgan fingerprint density at radius 1 is 1.33 bits per heavy atom. The Labute approximate surface area is 141 Å². The molecule has 118 valence electrons. The lowest BCUT2D eigenvalue weighted by Gasteiger charge is -2.00. The van der Waals surface area contributed by atoms with Crippen LogP contribution in [0, 0.1) is 35.3 Å². The fraction of sp³-hybridized carbons (Fsp3) is 0.118. The summed E-state index contributed by atoms with van der Waals surface area (Å²) in [7, 11) is 0. The Kier molecular flexibility index (Phi) is 4.06. The minimum absolute atomic E-state index is 0.0290. The first-order chi connectivity index (χ1) is 11.5. The van der Waals surface area contributed by atoms with E-state index in [1.807, 2.05) is 19.9 Å². The molecule has 24 heavy (non-hydrogen) atoms. The number of rotatable bonds is 3. The third-order valence-electron chi connectivity index (χ3n) is 3.51. The number of nitro benzene ring substituents is 1. The lowest BCUT2D eigenvalue weighted by molar-refractivity contribution is -0.384. The Balaban J connectivity index is 2.06. The summed E-state index contributed by atoms with van der Waals surface area (Å²) in [6, 6.07) is 10.2. The zero-order chi connectivity index (χ0) is 17.3. The molecule has 0 saturated carbocycles. The molecule has 0 bridgehead atoms. The molecule has 0 unspecified atom stereocenters. The molecule has 1 aromatic carbocycles. The van der Waals surface area contributed by atoms with E-state index in [0.717, 1.165) is 27.0 Å². The summed E-state index contributed by atoms with van der Waals surface area (Å²) >= 11 is 1.32. The van der Waals surface area contributed by atoms with Crippen molar-refractivity contribution < 1.29 is 4.92 Å². The Bertz CT molecular complexity index is 1010. The standard InChI is InChI=1S/C17H12N4O2S/c1-10-7-11(2)20-17-15(10)16(14(8-18)24-17)19-9-12-3-5-13(6-4-12)21(22)23/h3-7,9H,1-2H3. The number of fused-ring (bicyclic) bond motifs is 1. The molecule has 2 aromatic heterocycles. The number of aromatic nitrogens is 1. The molecular weight excluding hydrogens is 324 g/mol. The van der Waals surface area contributed by atoms with Gasteiger partial charge in [0.15, 0.2) is 0 Å². The Morgan fingerprint density at radius 3 is 2.67 bits per heavy atom. The number of nitro groups is 1. The topological polar surface area (TPSA) is 92.2 Å². The normalized spacial score (nSPS) is 11.0. The van der Waals surface area contributed by atoms with Gasteiger partial charge in [-0.05, 0) is 43.2 Å². The number of hydrogen-bond donors (Lipinski definition) is 0. The van der Waals surface area contributed by atoms with Crippen LogP contribution < -0.4 is 0 Å². The van der Waals surface area contributed by atoms with Crippen molar-refractivity contribution >= 4 is 39.1 Å². The summed E-state index contributed by atoms with van der Waals surface area (Å²) < 4.78 is 0. The predicted octanol–water partition coefficient (Wildman–Crippen LogP) is 4.44. The summed E-state index contributed by atoms with van der Waals surface area (Å²) in [5.74, 6) is 0. The van der Waals surface area contributed by atoms with Crippen molar-refractivity contribution in [2.45, 2.75) is 13.8 Å². The minimum atomic E-state index is -0.446. The summed E-state index contributed by atoms with van der Waals surface area (Å²) in [5, 5.41) is 20.9. The Hall–Kier alpha value is -3.11. The smallest absolute Gasteiger partial charge is 0.258 e. The highest BCUT2D eigenvalue weighted by Crippen LogP contribution is 2.38. The third-order valence-corrected chi connectivity index (χ3v) is 4.49. The van der Waals surface area contributed by atoms with Crippen LogP contribution in [-0.2, 0) is 0 Å². The molecule has 0 N–H and O–H groups in total. The van der Waals surface area contributed by atoms with Crippen molar-refractivity contribution in [1.29, 1.82) is 5.26 Å². The van der Waals surface area contributed by atoms with E-state index in [-0.39, 0.29) is 5.69 Å². The van der Waals surface area contributed by atoms with Crippen LogP contribution >= 0.6 is 11.3 Å². The summed E-state index contributed by atoms with van der Waals surface area (Å²) in [4.78, 5) is 20.5. The van der Waals surface area contributed by atoms with E-state index in [9.17, 15) is 15.4 Å². The quantitative estimate of drug-likeness (QED) is 0.401. The van der Waals surface area contributed by atoms with Crippen LogP contribution in [0.1, 0.15) is 21.7 Å². The molecule has 0 aliphatic rings. The van der Waals surface area contributed by atoms with E-state index in [1.165, 1.54) is 23.5 Å². The monoisotopic (exact) mass is 336 g/mol. The molecule has 7 heteroatoms. The fourth-order valence-corrected chi connectivity index (χ4v) is 3.48. The van der Waals surface area contributed by atoms with E-state index in [1.54, 1.807) is 18.3 Å². The van der Waals surface area contributed by atoms with Crippen molar-refractivity contribution in [3.8, 4) is 6.07 Å². The van der Waals surface area contributed by atoms with E-state index in [2.05, 4.69) is 16.0 Å². The minimum Gasteiger partial charge on any atom is -0.258 e. The maximum absolute atomic E-state index is 10.7. The molecule has 6 nitrogen and oxygen atoms in total. The zero-order valence-electron chi connectivity index (χ0n) is 13.0. The van der Waals surface area contributed by atoms with Crippen LogP contribution in [-0.4, -0.2) is 16.1 Å². The van der Waals surface area contributed by atoms with Crippen LogP contribution in [0.2, 0.25) is 0 Å². The maximum Gasteiger partial charge on any atom is 0.269 e. The summed E-state index contributed by atoms with van der Waals surface area (Å²) in [5.41, 5.74) is 3.27. The predicted molar refractivity (Wildman–Crippen MR) is 94.2 cm³/mol. The first kappa shape index (κ1) is 15.8. The lowest BCUT2D eigenvalue weighted by Crippen LogP contribution is -1.88. The number of hydrogen-bond acceptors (Lipinski definition) is 6.